The van der Waals surface area contributed by atoms with Gasteiger partial charge in [-0.2, -0.15) is 0 Å². The third kappa shape index (κ3) is 4.16. The van der Waals surface area contributed by atoms with E-state index in [0.29, 0.717) is 22.7 Å². The SMILES string of the molecule is COCc1cc(NC(=O)Cc2cc(C)on2)cc(C(=O)O)c1. The second-order valence-corrected chi connectivity index (χ2v) is 4.81. The Morgan fingerprint density at radius 1 is 1.32 bits per heavy atom. The van der Waals surface area contributed by atoms with Gasteiger partial charge in [-0.25, -0.2) is 4.79 Å². The van der Waals surface area contributed by atoms with Crippen molar-refractivity contribution in [2.45, 2.75) is 20.0 Å². The van der Waals surface area contributed by atoms with Gasteiger partial charge in [-0.3, -0.25) is 4.79 Å². The number of hydrogen-bond acceptors (Lipinski definition) is 5. The summed E-state index contributed by atoms with van der Waals surface area (Å²) in [6.07, 6.45) is 0.0499. The number of anilines is 1. The third-order valence-electron chi connectivity index (χ3n) is 2.85. The molecule has 0 aliphatic heterocycles. The van der Waals surface area contributed by atoms with Crippen molar-refractivity contribution in [1.29, 1.82) is 0 Å². The number of benzene rings is 1. The lowest BCUT2D eigenvalue weighted by molar-refractivity contribution is -0.115. The molecule has 0 bridgehead atoms. The summed E-state index contributed by atoms with van der Waals surface area (Å²) in [4.78, 5) is 23.1. The molecular formula is C15H16N2O5. The fourth-order valence-corrected chi connectivity index (χ4v) is 2.01. The number of carbonyl (C=O) groups is 2. The van der Waals surface area contributed by atoms with E-state index < -0.39 is 5.97 Å². The molecular weight excluding hydrogens is 288 g/mol. The van der Waals surface area contributed by atoms with Gasteiger partial charge in [0, 0.05) is 18.9 Å². The van der Waals surface area contributed by atoms with Crippen LogP contribution in [-0.2, 0) is 22.6 Å². The van der Waals surface area contributed by atoms with Crippen LogP contribution in [0.1, 0.15) is 27.4 Å². The van der Waals surface area contributed by atoms with Crippen molar-refractivity contribution in [3.63, 3.8) is 0 Å². The summed E-state index contributed by atoms with van der Waals surface area (Å²) in [6, 6.07) is 6.24. The number of carboxylic acid groups (broad SMARTS) is 1. The lowest BCUT2D eigenvalue weighted by Crippen LogP contribution is -2.15. The average molecular weight is 304 g/mol. The molecule has 22 heavy (non-hydrogen) atoms. The van der Waals surface area contributed by atoms with E-state index in [-0.39, 0.29) is 24.5 Å². The smallest absolute Gasteiger partial charge is 0.335 e. The molecule has 2 rings (SSSR count). The first kappa shape index (κ1) is 15.7. The zero-order chi connectivity index (χ0) is 16.1. The molecule has 0 unspecified atom stereocenters. The highest BCUT2D eigenvalue weighted by atomic mass is 16.5. The van der Waals surface area contributed by atoms with Gasteiger partial charge in [0.2, 0.25) is 5.91 Å². The summed E-state index contributed by atoms with van der Waals surface area (Å²) in [6.45, 7) is 1.99. The van der Waals surface area contributed by atoms with E-state index in [4.69, 9.17) is 14.4 Å². The Morgan fingerprint density at radius 2 is 2.09 bits per heavy atom. The molecule has 116 valence electrons. The van der Waals surface area contributed by atoms with Crippen molar-refractivity contribution >= 4 is 17.6 Å². The third-order valence-corrected chi connectivity index (χ3v) is 2.85. The van der Waals surface area contributed by atoms with Gasteiger partial charge in [0.15, 0.2) is 0 Å². The molecule has 0 fully saturated rings. The number of nitrogens with one attached hydrogen (secondary N) is 1. The number of amides is 1. The van der Waals surface area contributed by atoms with E-state index in [1.54, 1.807) is 19.1 Å². The zero-order valence-corrected chi connectivity index (χ0v) is 12.3. The maximum Gasteiger partial charge on any atom is 0.335 e. The van der Waals surface area contributed by atoms with Gasteiger partial charge in [-0.05, 0) is 30.7 Å². The maximum atomic E-state index is 12.0. The topological polar surface area (TPSA) is 102 Å². The van der Waals surface area contributed by atoms with E-state index in [1.165, 1.54) is 19.2 Å². The predicted octanol–water partition coefficient (Wildman–Crippen LogP) is 2.01. The minimum Gasteiger partial charge on any atom is -0.478 e. The summed E-state index contributed by atoms with van der Waals surface area (Å²) in [7, 11) is 1.51. The monoisotopic (exact) mass is 304 g/mol. The van der Waals surface area contributed by atoms with Crippen LogP contribution in [0.5, 0.6) is 0 Å². The number of nitrogens with zero attached hydrogens (tertiary/aromatic N) is 1. The summed E-state index contributed by atoms with van der Waals surface area (Å²) < 4.78 is 9.89. The highest BCUT2D eigenvalue weighted by Crippen LogP contribution is 2.16. The van der Waals surface area contributed by atoms with Crippen LogP contribution >= 0.6 is 0 Å². The molecule has 1 heterocycles. The van der Waals surface area contributed by atoms with Crippen molar-refractivity contribution in [3.8, 4) is 0 Å². The Hall–Kier alpha value is -2.67. The number of ether oxygens (including phenoxy) is 1. The Balaban J connectivity index is 2.13. The van der Waals surface area contributed by atoms with Crippen molar-refractivity contribution < 1.29 is 24.0 Å². The van der Waals surface area contributed by atoms with Crippen LogP contribution in [0.3, 0.4) is 0 Å². The normalized spacial score (nSPS) is 10.5. The molecule has 7 nitrogen and oxygen atoms in total. The van der Waals surface area contributed by atoms with E-state index in [1.807, 2.05) is 0 Å². The minimum atomic E-state index is -1.07. The number of carboxylic acids is 1. The van der Waals surface area contributed by atoms with E-state index in [0.717, 1.165) is 0 Å². The number of methoxy groups -OCH3 is 1. The fourth-order valence-electron chi connectivity index (χ4n) is 2.01. The second-order valence-electron chi connectivity index (χ2n) is 4.81. The Labute approximate surface area is 126 Å². The second kappa shape index (κ2) is 6.86. The van der Waals surface area contributed by atoms with Gasteiger partial charge in [0.25, 0.3) is 0 Å². The lowest BCUT2D eigenvalue weighted by Gasteiger charge is -2.08. The molecule has 0 saturated carbocycles. The number of hydrogen-bond donors (Lipinski definition) is 2. The highest BCUT2D eigenvalue weighted by Gasteiger charge is 2.11. The van der Waals surface area contributed by atoms with E-state index in [2.05, 4.69) is 10.5 Å². The summed E-state index contributed by atoms with van der Waals surface area (Å²) in [5.41, 5.74) is 1.66. The summed E-state index contributed by atoms with van der Waals surface area (Å²) >= 11 is 0. The fraction of sp³-hybridized carbons (Fsp3) is 0.267. The van der Waals surface area contributed by atoms with Gasteiger partial charge < -0.3 is 19.7 Å². The van der Waals surface area contributed by atoms with Crippen LogP contribution < -0.4 is 5.32 Å². The molecule has 0 aliphatic rings. The molecule has 1 aromatic heterocycles. The van der Waals surface area contributed by atoms with Crippen molar-refractivity contribution in [2.24, 2.45) is 0 Å². The molecule has 0 atom stereocenters. The Morgan fingerprint density at radius 3 is 2.68 bits per heavy atom. The van der Waals surface area contributed by atoms with Crippen molar-refractivity contribution in [1.82, 2.24) is 5.16 Å². The van der Waals surface area contributed by atoms with Crippen molar-refractivity contribution in [2.75, 3.05) is 12.4 Å². The number of rotatable bonds is 6. The largest absolute Gasteiger partial charge is 0.478 e. The molecule has 0 saturated heterocycles. The van der Waals surface area contributed by atoms with Crippen LogP contribution in [0.15, 0.2) is 28.8 Å². The first-order valence-corrected chi connectivity index (χ1v) is 6.56. The van der Waals surface area contributed by atoms with Gasteiger partial charge in [0.05, 0.1) is 24.3 Å². The standard InChI is InChI=1S/C15H16N2O5/c1-9-3-13(17-22-9)7-14(18)16-12-5-10(8-21-2)4-11(6-12)15(19)20/h3-6H,7-8H2,1-2H3,(H,16,18)(H,19,20). The predicted molar refractivity (Wildman–Crippen MR) is 77.7 cm³/mol. The van der Waals surface area contributed by atoms with Crippen LogP contribution in [0.2, 0.25) is 0 Å². The first-order chi connectivity index (χ1) is 10.5. The number of aromatic carboxylic acids is 1. The summed E-state index contributed by atoms with van der Waals surface area (Å²) in [5, 5.41) is 15.5. The lowest BCUT2D eigenvalue weighted by atomic mass is 10.1. The molecule has 7 heteroatoms. The van der Waals surface area contributed by atoms with Gasteiger partial charge >= 0.3 is 5.97 Å². The highest BCUT2D eigenvalue weighted by molar-refractivity contribution is 5.94. The molecule has 2 aromatic rings. The van der Waals surface area contributed by atoms with Crippen LogP contribution in [0.4, 0.5) is 5.69 Å². The first-order valence-electron chi connectivity index (χ1n) is 6.56. The number of aromatic nitrogens is 1. The number of aryl methyl sites for hydroxylation is 1. The Kier molecular flexibility index (Phi) is 4.90. The minimum absolute atomic E-state index is 0.0499. The van der Waals surface area contributed by atoms with Gasteiger partial charge in [-0.15, -0.1) is 0 Å². The average Bonchev–Trinajstić information content (AvgIpc) is 2.83. The van der Waals surface area contributed by atoms with Gasteiger partial charge in [-0.1, -0.05) is 5.16 Å². The van der Waals surface area contributed by atoms with Crippen molar-refractivity contribution in [3.05, 3.63) is 46.8 Å². The van der Waals surface area contributed by atoms with Crippen LogP contribution in [0, 0.1) is 6.92 Å². The molecule has 1 amide bonds. The zero-order valence-electron chi connectivity index (χ0n) is 12.3. The van der Waals surface area contributed by atoms with E-state index >= 15 is 0 Å². The molecule has 0 spiro atoms. The quantitative estimate of drug-likeness (QED) is 0.846. The summed E-state index contributed by atoms with van der Waals surface area (Å²) in [5.74, 6) is -0.752. The van der Waals surface area contributed by atoms with E-state index in [9.17, 15) is 9.59 Å². The van der Waals surface area contributed by atoms with Gasteiger partial charge in [0.1, 0.15) is 5.76 Å². The molecule has 2 N–H and O–H groups in total. The molecule has 1 aromatic carbocycles. The number of carbonyl (C=O) groups excluding carboxylic acids is 1. The van der Waals surface area contributed by atoms with Crippen LogP contribution in [-0.4, -0.2) is 29.2 Å². The molecule has 0 aliphatic carbocycles. The maximum absolute atomic E-state index is 12.0. The Bertz CT molecular complexity index is 693. The van der Waals surface area contributed by atoms with Crippen LogP contribution in [0.25, 0.3) is 0 Å². The molecule has 0 radical (unpaired) electrons.